The van der Waals surface area contributed by atoms with Crippen LogP contribution in [0.3, 0.4) is 0 Å². The van der Waals surface area contributed by atoms with Gasteiger partial charge >= 0.3 is 0 Å². The molecular weight excluding hydrogens is 264 g/mol. The van der Waals surface area contributed by atoms with Gasteiger partial charge in [0.1, 0.15) is 0 Å². The summed E-state index contributed by atoms with van der Waals surface area (Å²) in [5.74, 6) is 0.701. The number of aromatic nitrogens is 2. The molecule has 1 aliphatic carbocycles. The maximum Gasteiger partial charge on any atom is 0.242 e. The van der Waals surface area contributed by atoms with E-state index in [1.807, 2.05) is 22.8 Å². The second-order valence-electron chi connectivity index (χ2n) is 6.66. The zero-order chi connectivity index (χ0) is 14.9. The lowest BCUT2D eigenvalue weighted by Gasteiger charge is -2.40. The summed E-state index contributed by atoms with van der Waals surface area (Å²) < 4.78 is 1.95. The van der Waals surface area contributed by atoms with Crippen LogP contribution in [-0.4, -0.2) is 39.2 Å². The standard InChI is InChI=1S/C16H26N4O/c1-19-14(5-10-18-19)13-6-11-20(12-7-13)15(21)16(17)8-3-2-4-9-16/h5,10,13H,2-4,6-9,11-12,17H2,1H3. The largest absolute Gasteiger partial charge is 0.341 e. The van der Waals surface area contributed by atoms with E-state index in [1.54, 1.807) is 0 Å². The van der Waals surface area contributed by atoms with Crippen LogP contribution in [0.2, 0.25) is 0 Å². The summed E-state index contributed by atoms with van der Waals surface area (Å²) in [6.07, 6.45) is 8.99. The van der Waals surface area contributed by atoms with Gasteiger partial charge in [0.2, 0.25) is 5.91 Å². The van der Waals surface area contributed by atoms with Crippen molar-refractivity contribution in [2.24, 2.45) is 12.8 Å². The molecule has 0 radical (unpaired) electrons. The van der Waals surface area contributed by atoms with E-state index >= 15 is 0 Å². The lowest BCUT2D eigenvalue weighted by molar-refractivity contribution is -0.139. The van der Waals surface area contributed by atoms with Crippen LogP contribution in [0.15, 0.2) is 12.3 Å². The van der Waals surface area contributed by atoms with E-state index < -0.39 is 5.54 Å². The molecule has 0 atom stereocenters. The molecule has 5 nitrogen and oxygen atoms in total. The molecule has 0 unspecified atom stereocenters. The van der Waals surface area contributed by atoms with Gasteiger partial charge in [-0.25, -0.2) is 0 Å². The molecular formula is C16H26N4O. The third-order valence-corrected chi connectivity index (χ3v) is 5.23. The van der Waals surface area contributed by atoms with Crippen LogP contribution in [0, 0.1) is 0 Å². The highest BCUT2D eigenvalue weighted by Gasteiger charge is 2.39. The molecule has 2 heterocycles. The van der Waals surface area contributed by atoms with E-state index in [-0.39, 0.29) is 5.91 Å². The Morgan fingerprint density at radius 1 is 1.29 bits per heavy atom. The van der Waals surface area contributed by atoms with Gasteiger partial charge in [-0.15, -0.1) is 0 Å². The van der Waals surface area contributed by atoms with Gasteiger partial charge in [-0.3, -0.25) is 9.48 Å². The monoisotopic (exact) mass is 290 g/mol. The summed E-state index contributed by atoms with van der Waals surface area (Å²) in [4.78, 5) is 14.7. The molecule has 2 fully saturated rings. The van der Waals surface area contributed by atoms with E-state index in [2.05, 4.69) is 11.2 Å². The van der Waals surface area contributed by atoms with Crippen molar-refractivity contribution in [3.63, 3.8) is 0 Å². The number of hydrogen-bond donors (Lipinski definition) is 1. The van der Waals surface area contributed by atoms with Crippen LogP contribution in [0.4, 0.5) is 0 Å². The molecule has 0 spiro atoms. The van der Waals surface area contributed by atoms with Crippen LogP contribution in [-0.2, 0) is 11.8 Å². The summed E-state index contributed by atoms with van der Waals surface area (Å²) in [7, 11) is 1.99. The molecule has 1 aliphatic heterocycles. The minimum Gasteiger partial charge on any atom is -0.341 e. The first-order valence-electron chi connectivity index (χ1n) is 8.16. The zero-order valence-electron chi connectivity index (χ0n) is 12.9. The first-order valence-corrected chi connectivity index (χ1v) is 8.16. The van der Waals surface area contributed by atoms with E-state index in [4.69, 9.17) is 5.73 Å². The predicted octanol–water partition coefficient (Wildman–Crippen LogP) is 1.79. The van der Waals surface area contributed by atoms with Crippen molar-refractivity contribution in [3.05, 3.63) is 18.0 Å². The summed E-state index contributed by atoms with van der Waals surface area (Å²) >= 11 is 0. The molecule has 1 amide bonds. The minimum absolute atomic E-state index is 0.186. The third kappa shape index (κ3) is 2.84. The summed E-state index contributed by atoms with van der Waals surface area (Å²) in [6.45, 7) is 1.65. The van der Waals surface area contributed by atoms with Crippen molar-refractivity contribution in [1.29, 1.82) is 0 Å². The quantitative estimate of drug-likeness (QED) is 0.903. The Hall–Kier alpha value is -1.36. The molecule has 1 saturated carbocycles. The average molecular weight is 290 g/mol. The van der Waals surface area contributed by atoms with Crippen LogP contribution in [0.5, 0.6) is 0 Å². The van der Waals surface area contributed by atoms with E-state index in [0.717, 1.165) is 51.6 Å². The van der Waals surface area contributed by atoms with E-state index in [1.165, 1.54) is 12.1 Å². The molecule has 3 rings (SSSR count). The summed E-state index contributed by atoms with van der Waals surface area (Å²) in [5.41, 5.74) is 7.08. The van der Waals surface area contributed by atoms with Crippen molar-refractivity contribution in [2.75, 3.05) is 13.1 Å². The Kier molecular flexibility index (Phi) is 4.02. The Labute approximate surface area is 126 Å². The first kappa shape index (κ1) is 14.6. The highest BCUT2D eigenvalue weighted by atomic mass is 16.2. The Morgan fingerprint density at radius 3 is 2.52 bits per heavy atom. The van der Waals surface area contributed by atoms with Gasteiger partial charge in [0, 0.05) is 37.9 Å². The second kappa shape index (κ2) is 5.79. The SMILES string of the molecule is Cn1nccc1C1CCN(C(=O)C2(N)CCCCC2)CC1. The summed E-state index contributed by atoms with van der Waals surface area (Å²) in [5, 5.41) is 4.25. The molecule has 1 aromatic heterocycles. The van der Waals surface area contributed by atoms with Crippen molar-refractivity contribution in [1.82, 2.24) is 14.7 Å². The smallest absolute Gasteiger partial charge is 0.242 e. The minimum atomic E-state index is -0.586. The predicted molar refractivity (Wildman–Crippen MR) is 81.8 cm³/mol. The molecule has 21 heavy (non-hydrogen) atoms. The molecule has 0 aromatic carbocycles. The Balaban J connectivity index is 1.60. The molecule has 5 heteroatoms. The molecule has 0 bridgehead atoms. The van der Waals surface area contributed by atoms with Gasteiger partial charge in [-0.05, 0) is 31.7 Å². The number of amides is 1. The number of likely N-dealkylation sites (tertiary alicyclic amines) is 1. The van der Waals surface area contributed by atoms with Gasteiger partial charge in [0.25, 0.3) is 0 Å². The number of hydrogen-bond acceptors (Lipinski definition) is 3. The van der Waals surface area contributed by atoms with Gasteiger partial charge < -0.3 is 10.6 Å². The summed E-state index contributed by atoms with van der Waals surface area (Å²) in [6, 6.07) is 2.09. The topological polar surface area (TPSA) is 64.2 Å². The number of piperidine rings is 1. The molecule has 2 aliphatic rings. The number of nitrogens with zero attached hydrogens (tertiary/aromatic N) is 3. The van der Waals surface area contributed by atoms with Crippen LogP contribution >= 0.6 is 0 Å². The van der Waals surface area contributed by atoms with Gasteiger partial charge in [0.05, 0.1) is 5.54 Å². The second-order valence-corrected chi connectivity index (χ2v) is 6.66. The van der Waals surface area contributed by atoms with E-state index in [9.17, 15) is 4.79 Å². The van der Waals surface area contributed by atoms with Gasteiger partial charge in [0.15, 0.2) is 0 Å². The number of rotatable bonds is 2. The maximum absolute atomic E-state index is 12.7. The number of carbonyl (C=O) groups excluding carboxylic acids is 1. The number of carbonyl (C=O) groups is 1. The highest BCUT2D eigenvalue weighted by Crippen LogP contribution is 2.32. The fourth-order valence-corrected chi connectivity index (χ4v) is 3.87. The Morgan fingerprint density at radius 2 is 1.95 bits per heavy atom. The maximum atomic E-state index is 12.7. The lowest BCUT2D eigenvalue weighted by atomic mass is 9.81. The normalized spacial score (nSPS) is 23.2. The molecule has 116 valence electrons. The van der Waals surface area contributed by atoms with Gasteiger partial charge in [-0.2, -0.15) is 5.10 Å². The zero-order valence-corrected chi connectivity index (χ0v) is 12.9. The first-order chi connectivity index (χ1) is 10.1. The average Bonchev–Trinajstić information content (AvgIpc) is 2.93. The lowest BCUT2D eigenvalue weighted by Crippen LogP contribution is -2.57. The molecule has 1 saturated heterocycles. The van der Waals surface area contributed by atoms with Crippen LogP contribution < -0.4 is 5.73 Å². The van der Waals surface area contributed by atoms with Crippen molar-refractivity contribution in [3.8, 4) is 0 Å². The van der Waals surface area contributed by atoms with Crippen molar-refractivity contribution in [2.45, 2.75) is 56.4 Å². The fraction of sp³-hybridized carbons (Fsp3) is 0.750. The fourth-order valence-electron chi connectivity index (χ4n) is 3.87. The van der Waals surface area contributed by atoms with Crippen molar-refractivity contribution < 1.29 is 4.79 Å². The third-order valence-electron chi connectivity index (χ3n) is 5.23. The van der Waals surface area contributed by atoms with Gasteiger partial charge in [-0.1, -0.05) is 19.3 Å². The number of aryl methyl sites for hydroxylation is 1. The van der Waals surface area contributed by atoms with Crippen LogP contribution in [0.25, 0.3) is 0 Å². The molecule has 2 N–H and O–H groups in total. The molecule has 1 aromatic rings. The number of nitrogens with two attached hydrogens (primary N) is 1. The van der Waals surface area contributed by atoms with E-state index in [0.29, 0.717) is 5.92 Å². The van der Waals surface area contributed by atoms with Crippen LogP contribution in [0.1, 0.15) is 56.6 Å². The van der Waals surface area contributed by atoms with Crippen molar-refractivity contribution >= 4 is 5.91 Å². The highest BCUT2D eigenvalue weighted by molar-refractivity contribution is 5.86. The Bertz CT molecular complexity index is 496.